The van der Waals surface area contributed by atoms with E-state index in [-0.39, 0.29) is 12.0 Å². The van der Waals surface area contributed by atoms with Crippen molar-refractivity contribution in [2.45, 2.75) is 32.2 Å². The molecule has 1 fully saturated rings. The molecule has 0 spiro atoms. The van der Waals surface area contributed by atoms with Crippen molar-refractivity contribution < 1.29 is 14.3 Å². The molecule has 0 radical (unpaired) electrons. The first-order chi connectivity index (χ1) is 14.2. The smallest absolute Gasteiger partial charge is 0.414 e. The van der Waals surface area contributed by atoms with E-state index in [0.717, 1.165) is 29.6 Å². The van der Waals surface area contributed by atoms with Crippen molar-refractivity contribution in [2.24, 2.45) is 0 Å². The minimum Gasteiger partial charge on any atom is -0.447 e. The molecule has 2 aliphatic rings. The van der Waals surface area contributed by atoms with E-state index in [9.17, 15) is 9.59 Å². The number of amides is 2. The summed E-state index contributed by atoms with van der Waals surface area (Å²) in [4.78, 5) is 29.6. The molecule has 6 nitrogen and oxygen atoms in total. The van der Waals surface area contributed by atoms with Crippen molar-refractivity contribution in [1.82, 2.24) is 10.3 Å². The molecule has 1 aliphatic heterocycles. The summed E-state index contributed by atoms with van der Waals surface area (Å²) in [6.07, 6.45) is 4.27. The zero-order chi connectivity index (χ0) is 19.8. The maximum atomic E-state index is 12.7. The Hall–Kier alpha value is -3.28. The first kappa shape index (κ1) is 17.8. The Balaban J connectivity index is 1.31. The second kappa shape index (κ2) is 7.28. The van der Waals surface area contributed by atoms with Gasteiger partial charge in [-0.15, -0.1) is 0 Å². The van der Waals surface area contributed by atoms with Crippen molar-refractivity contribution in [3.05, 3.63) is 64.8 Å². The van der Waals surface area contributed by atoms with Gasteiger partial charge in [0.1, 0.15) is 6.61 Å². The summed E-state index contributed by atoms with van der Waals surface area (Å²) in [5.41, 5.74) is 6.20. The van der Waals surface area contributed by atoms with Gasteiger partial charge >= 0.3 is 6.09 Å². The molecule has 0 bridgehead atoms. The van der Waals surface area contributed by atoms with E-state index >= 15 is 0 Å². The highest BCUT2D eigenvalue weighted by atomic mass is 16.6. The number of hydrogen-bond donors (Lipinski definition) is 2. The van der Waals surface area contributed by atoms with Crippen LogP contribution in [0.15, 0.2) is 42.5 Å². The third-order valence-electron chi connectivity index (χ3n) is 5.80. The minimum atomic E-state index is -0.325. The zero-order valence-corrected chi connectivity index (χ0v) is 16.2. The number of nitrogens with one attached hydrogen (secondary N) is 2. The lowest BCUT2D eigenvalue weighted by molar-refractivity contribution is 0.0951. The molecule has 1 aliphatic carbocycles. The maximum absolute atomic E-state index is 12.7. The lowest BCUT2D eigenvalue weighted by Crippen LogP contribution is -2.25. The molecule has 2 N–H and O–H groups in total. The van der Waals surface area contributed by atoms with Crippen LogP contribution < -0.4 is 10.2 Å². The molecule has 29 heavy (non-hydrogen) atoms. The Morgan fingerprint density at radius 1 is 1.14 bits per heavy atom. The van der Waals surface area contributed by atoms with E-state index in [4.69, 9.17) is 4.74 Å². The molecule has 0 unspecified atom stereocenters. The molecule has 3 aromatic rings. The molecular formula is C23H23N3O3. The summed E-state index contributed by atoms with van der Waals surface area (Å²) in [6.45, 7) is 1.36. The van der Waals surface area contributed by atoms with Gasteiger partial charge in [-0.25, -0.2) is 4.79 Å². The molecule has 2 aromatic carbocycles. The standard InChI is InChI=1S/C23H23N3O3/c27-22(16-8-9-21-19(13-16)18-6-1-2-7-20(18)25-21)24-14-15-4-3-5-17(12-15)26-10-11-29-23(26)28/h3-5,8-9,12-13,25H,1-2,6-7,10-11,14H2,(H,24,27). The number of ether oxygens (including phenoxy) is 1. The van der Waals surface area contributed by atoms with E-state index in [1.165, 1.54) is 29.5 Å². The van der Waals surface area contributed by atoms with Crippen LogP contribution in [0.4, 0.5) is 10.5 Å². The van der Waals surface area contributed by atoms with Gasteiger partial charge < -0.3 is 15.0 Å². The van der Waals surface area contributed by atoms with Gasteiger partial charge in [-0.1, -0.05) is 12.1 Å². The molecule has 148 valence electrons. The number of carbonyl (C=O) groups excluding carboxylic acids is 2. The highest BCUT2D eigenvalue weighted by Gasteiger charge is 2.23. The van der Waals surface area contributed by atoms with Gasteiger partial charge in [0.2, 0.25) is 0 Å². The van der Waals surface area contributed by atoms with E-state index in [1.807, 2.05) is 42.5 Å². The van der Waals surface area contributed by atoms with Gasteiger partial charge in [-0.3, -0.25) is 9.69 Å². The molecular weight excluding hydrogens is 366 g/mol. The fraction of sp³-hybridized carbons (Fsp3) is 0.304. The maximum Gasteiger partial charge on any atom is 0.414 e. The van der Waals surface area contributed by atoms with E-state index in [2.05, 4.69) is 10.3 Å². The second-order valence-electron chi connectivity index (χ2n) is 7.67. The third kappa shape index (κ3) is 3.35. The van der Waals surface area contributed by atoms with Crippen molar-refractivity contribution in [2.75, 3.05) is 18.1 Å². The van der Waals surface area contributed by atoms with Gasteiger partial charge in [0.15, 0.2) is 0 Å². The van der Waals surface area contributed by atoms with Crippen LogP contribution in [-0.4, -0.2) is 30.1 Å². The number of nitrogens with zero attached hydrogens (tertiary/aromatic N) is 1. The first-order valence-electron chi connectivity index (χ1n) is 10.1. The number of benzene rings is 2. The predicted molar refractivity (Wildman–Crippen MR) is 111 cm³/mol. The Bertz CT molecular complexity index is 1100. The fourth-order valence-corrected chi connectivity index (χ4v) is 4.29. The molecule has 6 heteroatoms. The van der Waals surface area contributed by atoms with E-state index in [1.54, 1.807) is 4.90 Å². The first-order valence-corrected chi connectivity index (χ1v) is 10.1. The average molecular weight is 389 g/mol. The van der Waals surface area contributed by atoms with Crippen molar-refractivity contribution in [3.63, 3.8) is 0 Å². The van der Waals surface area contributed by atoms with Crippen LogP contribution in [0.2, 0.25) is 0 Å². The lowest BCUT2D eigenvalue weighted by atomic mass is 9.95. The highest BCUT2D eigenvalue weighted by molar-refractivity contribution is 5.99. The lowest BCUT2D eigenvalue weighted by Gasteiger charge is -2.14. The van der Waals surface area contributed by atoms with E-state index in [0.29, 0.717) is 25.3 Å². The number of cyclic esters (lactones) is 1. The number of anilines is 1. The summed E-state index contributed by atoms with van der Waals surface area (Å²) in [5, 5.41) is 4.17. The van der Waals surface area contributed by atoms with Crippen LogP contribution in [0.5, 0.6) is 0 Å². The van der Waals surface area contributed by atoms with Gasteiger partial charge in [0.25, 0.3) is 5.91 Å². The molecule has 0 atom stereocenters. The Morgan fingerprint density at radius 2 is 2.03 bits per heavy atom. The number of aromatic nitrogens is 1. The van der Waals surface area contributed by atoms with E-state index < -0.39 is 0 Å². The van der Waals surface area contributed by atoms with Crippen LogP contribution in [0, 0.1) is 0 Å². The molecule has 5 rings (SSSR count). The second-order valence-corrected chi connectivity index (χ2v) is 7.67. The van der Waals surface area contributed by atoms with Crippen molar-refractivity contribution in [1.29, 1.82) is 0 Å². The van der Waals surface area contributed by atoms with Crippen LogP contribution in [-0.2, 0) is 24.1 Å². The van der Waals surface area contributed by atoms with Crippen LogP contribution in [0.1, 0.15) is 40.0 Å². The minimum absolute atomic E-state index is 0.0938. The van der Waals surface area contributed by atoms with Gasteiger partial charge in [-0.05, 0) is 67.1 Å². The number of aryl methyl sites for hydroxylation is 2. The predicted octanol–water partition coefficient (Wildman–Crippen LogP) is 3.93. The Labute approximate surface area is 168 Å². The summed E-state index contributed by atoms with van der Waals surface area (Å²) in [5.74, 6) is -0.0938. The van der Waals surface area contributed by atoms with Gasteiger partial charge in [0, 0.05) is 34.4 Å². The molecule has 0 saturated carbocycles. The van der Waals surface area contributed by atoms with Gasteiger partial charge in [-0.2, -0.15) is 0 Å². The number of aromatic amines is 1. The fourth-order valence-electron chi connectivity index (χ4n) is 4.29. The number of fused-ring (bicyclic) bond motifs is 3. The SMILES string of the molecule is O=C(NCc1cccc(N2CCOC2=O)c1)c1ccc2[nH]c3c(c2c1)CCCC3. The molecule has 1 saturated heterocycles. The summed E-state index contributed by atoms with van der Waals surface area (Å²) >= 11 is 0. The number of carbonyl (C=O) groups is 2. The quantitative estimate of drug-likeness (QED) is 0.710. The van der Waals surface area contributed by atoms with Crippen LogP contribution >= 0.6 is 0 Å². The monoisotopic (exact) mass is 389 g/mol. The Morgan fingerprint density at radius 3 is 2.90 bits per heavy atom. The van der Waals surface area contributed by atoms with Crippen molar-refractivity contribution >= 4 is 28.6 Å². The Kier molecular flexibility index (Phi) is 4.46. The molecule has 1 aromatic heterocycles. The number of hydrogen-bond acceptors (Lipinski definition) is 3. The number of H-pyrrole nitrogens is 1. The highest BCUT2D eigenvalue weighted by Crippen LogP contribution is 2.29. The topological polar surface area (TPSA) is 74.4 Å². The van der Waals surface area contributed by atoms with Crippen molar-refractivity contribution in [3.8, 4) is 0 Å². The van der Waals surface area contributed by atoms with Gasteiger partial charge in [0.05, 0.1) is 6.54 Å². The zero-order valence-electron chi connectivity index (χ0n) is 16.2. The molecule has 2 amide bonds. The largest absolute Gasteiger partial charge is 0.447 e. The normalized spacial score (nSPS) is 16.0. The molecule has 2 heterocycles. The summed E-state index contributed by atoms with van der Waals surface area (Å²) in [7, 11) is 0. The van der Waals surface area contributed by atoms with Crippen LogP contribution in [0.3, 0.4) is 0 Å². The number of rotatable bonds is 4. The van der Waals surface area contributed by atoms with Crippen LogP contribution in [0.25, 0.3) is 10.9 Å². The summed E-state index contributed by atoms with van der Waals surface area (Å²) < 4.78 is 5.00. The summed E-state index contributed by atoms with van der Waals surface area (Å²) in [6, 6.07) is 13.5. The average Bonchev–Trinajstić information content (AvgIpc) is 3.35. The third-order valence-corrected chi connectivity index (χ3v) is 5.80.